The molecule has 2 aliphatic rings. The fourth-order valence-electron chi connectivity index (χ4n) is 5.65. The normalized spacial score (nSPS) is 16.8. The summed E-state index contributed by atoms with van der Waals surface area (Å²) < 4.78 is 0. The van der Waals surface area contributed by atoms with Crippen LogP contribution in [0.4, 0.5) is 0 Å². The maximum Gasteiger partial charge on any atom is 0.151 e. The number of rotatable bonds is 6. The summed E-state index contributed by atoms with van der Waals surface area (Å²) in [6, 6.07) is 31.9. The van der Waals surface area contributed by atoms with Crippen LogP contribution in [0.25, 0.3) is 27.5 Å². The average Bonchev–Trinajstić information content (AvgIpc) is 3.33. The Bertz CT molecular complexity index is 1690. The van der Waals surface area contributed by atoms with Gasteiger partial charge in [0.25, 0.3) is 0 Å². The van der Waals surface area contributed by atoms with Crippen molar-refractivity contribution in [2.75, 3.05) is 0 Å². The Morgan fingerprint density at radius 1 is 0.897 bits per heavy atom. The molecule has 39 heavy (non-hydrogen) atoms. The van der Waals surface area contributed by atoms with Crippen LogP contribution in [0.2, 0.25) is 0 Å². The SMILES string of the molecule is C/C=C\C1=C(CC2C=CC(C=NC(=N)c3ccc(-c4ccc5ccccc5c4)cc3)=CC2)c2ccccc2C1. The minimum absolute atomic E-state index is 0.278. The number of nitrogens with one attached hydrogen (secondary N) is 1. The molecule has 4 aromatic carbocycles. The highest BCUT2D eigenvalue weighted by atomic mass is 14.8. The Hall–Kier alpha value is -4.56. The summed E-state index contributed by atoms with van der Waals surface area (Å²) in [5, 5.41) is 11.0. The van der Waals surface area contributed by atoms with Crippen molar-refractivity contribution in [2.24, 2.45) is 10.9 Å². The molecule has 2 nitrogen and oxygen atoms in total. The second kappa shape index (κ2) is 11.0. The Labute approximate surface area is 231 Å². The minimum atomic E-state index is 0.278. The van der Waals surface area contributed by atoms with Crippen molar-refractivity contribution in [3.8, 4) is 11.1 Å². The zero-order valence-electron chi connectivity index (χ0n) is 22.3. The first-order valence-corrected chi connectivity index (χ1v) is 13.7. The summed E-state index contributed by atoms with van der Waals surface area (Å²) in [5.41, 5.74) is 9.99. The van der Waals surface area contributed by atoms with Gasteiger partial charge in [-0.3, -0.25) is 5.41 Å². The van der Waals surface area contributed by atoms with E-state index in [2.05, 4.69) is 121 Å². The van der Waals surface area contributed by atoms with E-state index in [1.54, 1.807) is 0 Å². The van der Waals surface area contributed by atoms with Crippen molar-refractivity contribution in [1.82, 2.24) is 0 Å². The van der Waals surface area contributed by atoms with E-state index in [1.807, 2.05) is 18.3 Å². The van der Waals surface area contributed by atoms with Crippen LogP contribution >= 0.6 is 0 Å². The maximum absolute atomic E-state index is 8.49. The van der Waals surface area contributed by atoms with Crippen LogP contribution in [0.1, 0.15) is 36.5 Å². The van der Waals surface area contributed by atoms with E-state index in [0.717, 1.165) is 36.0 Å². The lowest BCUT2D eigenvalue weighted by Gasteiger charge is -2.17. The van der Waals surface area contributed by atoms with Gasteiger partial charge in [0, 0.05) is 11.8 Å². The van der Waals surface area contributed by atoms with Gasteiger partial charge in [0.2, 0.25) is 0 Å². The van der Waals surface area contributed by atoms with Crippen LogP contribution in [0.3, 0.4) is 0 Å². The second-order valence-electron chi connectivity index (χ2n) is 10.3. The predicted octanol–water partition coefficient (Wildman–Crippen LogP) is 9.38. The first-order chi connectivity index (χ1) is 19.2. The van der Waals surface area contributed by atoms with Gasteiger partial charge in [-0.25, -0.2) is 4.99 Å². The molecule has 0 aliphatic heterocycles. The van der Waals surface area contributed by atoms with Crippen molar-refractivity contribution in [3.05, 3.63) is 149 Å². The molecule has 0 saturated heterocycles. The third kappa shape index (κ3) is 5.37. The smallest absolute Gasteiger partial charge is 0.151 e. The molecule has 0 fully saturated rings. The molecule has 2 aliphatic carbocycles. The van der Waals surface area contributed by atoms with Gasteiger partial charge in [0.05, 0.1) is 0 Å². The largest absolute Gasteiger partial charge is 0.282 e. The standard InChI is InChI=1S/C37H32N2/c1-2-7-33-24-34-10-5-6-11-35(34)36(33)22-26-12-14-27(15-13-26)25-39-37(38)30-19-16-29(17-20-30)32-21-18-28-8-3-4-9-31(28)23-32/h2-12,14-21,23,25-26,38H,13,22,24H2,1H3/b7-2-,38-37?,39-25?. The monoisotopic (exact) mass is 504 g/mol. The molecule has 4 aromatic rings. The summed E-state index contributed by atoms with van der Waals surface area (Å²) >= 11 is 0. The number of allylic oxidation sites excluding steroid dienone is 8. The first kappa shape index (κ1) is 24.8. The molecule has 1 N–H and O–H groups in total. The van der Waals surface area contributed by atoms with Crippen LogP contribution in [0.5, 0.6) is 0 Å². The molecular formula is C37H32N2. The second-order valence-corrected chi connectivity index (χ2v) is 10.3. The molecule has 6 rings (SSSR count). The molecule has 1 unspecified atom stereocenters. The summed E-state index contributed by atoms with van der Waals surface area (Å²) in [4.78, 5) is 4.48. The number of amidine groups is 1. The predicted molar refractivity (Wildman–Crippen MR) is 167 cm³/mol. The van der Waals surface area contributed by atoms with E-state index in [4.69, 9.17) is 5.41 Å². The number of fused-ring (bicyclic) bond motifs is 2. The number of hydrogen-bond acceptors (Lipinski definition) is 1. The van der Waals surface area contributed by atoms with Gasteiger partial charge in [-0.1, -0.05) is 115 Å². The Morgan fingerprint density at radius 3 is 2.46 bits per heavy atom. The quantitative estimate of drug-likeness (QED) is 0.201. The molecule has 0 bridgehead atoms. The Kier molecular flexibility index (Phi) is 7.01. The van der Waals surface area contributed by atoms with Gasteiger partial charge < -0.3 is 0 Å². The number of nitrogens with zero attached hydrogens (tertiary/aromatic N) is 1. The highest BCUT2D eigenvalue weighted by Crippen LogP contribution is 2.39. The van der Waals surface area contributed by atoms with Crippen molar-refractivity contribution in [1.29, 1.82) is 5.41 Å². The Morgan fingerprint density at radius 2 is 1.67 bits per heavy atom. The van der Waals surface area contributed by atoms with Crippen LogP contribution in [0, 0.1) is 11.3 Å². The lowest BCUT2D eigenvalue weighted by atomic mass is 9.88. The molecule has 0 spiro atoms. The van der Waals surface area contributed by atoms with Crippen LogP contribution in [0.15, 0.2) is 138 Å². The van der Waals surface area contributed by atoms with Gasteiger partial charge in [-0.15, -0.1) is 0 Å². The third-order valence-corrected chi connectivity index (χ3v) is 7.75. The van der Waals surface area contributed by atoms with Gasteiger partial charge >= 0.3 is 0 Å². The minimum Gasteiger partial charge on any atom is -0.282 e. The number of aliphatic imine (C=N–C) groups is 1. The van der Waals surface area contributed by atoms with Crippen LogP contribution in [-0.4, -0.2) is 12.1 Å². The van der Waals surface area contributed by atoms with Crippen molar-refractivity contribution in [2.45, 2.75) is 26.2 Å². The Balaban J connectivity index is 1.09. The third-order valence-electron chi connectivity index (χ3n) is 7.75. The zero-order valence-corrected chi connectivity index (χ0v) is 22.3. The average molecular weight is 505 g/mol. The number of hydrogen-bond donors (Lipinski definition) is 1. The lowest BCUT2D eigenvalue weighted by molar-refractivity contribution is 0.676. The summed E-state index contributed by atoms with van der Waals surface area (Å²) in [7, 11) is 0. The first-order valence-electron chi connectivity index (χ1n) is 13.7. The number of benzene rings is 4. The summed E-state index contributed by atoms with van der Waals surface area (Å²) in [6.07, 6.45) is 16.0. The molecule has 0 heterocycles. The highest BCUT2D eigenvalue weighted by Gasteiger charge is 2.22. The van der Waals surface area contributed by atoms with Gasteiger partial charge in [0.1, 0.15) is 0 Å². The van der Waals surface area contributed by atoms with E-state index in [1.165, 1.54) is 38.6 Å². The fourth-order valence-corrected chi connectivity index (χ4v) is 5.65. The van der Waals surface area contributed by atoms with E-state index < -0.39 is 0 Å². The van der Waals surface area contributed by atoms with Gasteiger partial charge in [0.15, 0.2) is 5.84 Å². The van der Waals surface area contributed by atoms with E-state index in [0.29, 0.717) is 5.92 Å². The molecule has 2 heteroatoms. The maximum atomic E-state index is 8.49. The fraction of sp³-hybridized carbons (Fsp3) is 0.135. The van der Waals surface area contributed by atoms with Crippen LogP contribution < -0.4 is 0 Å². The van der Waals surface area contributed by atoms with E-state index in [9.17, 15) is 0 Å². The molecule has 1 atom stereocenters. The zero-order chi connectivity index (χ0) is 26.6. The van der Waals surface area contributed by atoms with Gasteiger partial charge in [-0.05, 0) is 87.9 Å². The topological polar surface area (TPSA) is 36.2 Å². The van der Waals surface area contributed by atoms with Crippen molar-refractivity contribution < 1.29 is 0 Å². The van der Waals surface area contributed by atoms with Gasteiger partial charge in [-0.2, -0.15) is 0 Å². The molecule has 0 amide bonds. The molecule has 0 aromatic heterocycles. The molecule has 190 valence electrons. The summed E-state index contributed by atoms with van der Waals surface area (Å²) in [6.45, 7) is 2.10. The molecular weight excluding hydrogens is 472 g/mol. The summed E-state index contributed by atoms with van der Waals surface area (Å²) in [5.74, 6) is 0.755. The van der Waals surface area contributed by atoms with E-state index in [-0.39, 0.29) is 5.84 Å². The highest BCUT2D eigenvalue weighted by molar-refractivity contribution is 6.04. The molecule has 0 saturated carbocycles. The molecule has 0 radical (unpaired) electrons. The van der Waals surface area contributed by atoms with Crippen molar-refractivity contribution >= 4 is 28.4 Å². The van der Waals surface area contributed by atoms with Crippen LogP contribution in [-0.2, 0) is 6.42 Å². The lowest BCUT2D eigenvalue weighted by Crippen LogP contribution is -2.03. The van der Waals surface area contributed by atoms with Crippen molar-refractivity contribution in [3.63, 3.8) is 0 Å². The van der Waals surface area contributed by atoms with E-state index >= 15 is 0 Å².